The Bertz CT molecular complexity index is 650. The molecule has 2 nitrogen and oxygen atoms in total. The fourth-order valence-corrected chi connectivity index (χ4v) is 2.03. The minimum absolute atomic E-state index is 1.09. The molecule has 0 fully saturated rings. The van der Waals surface area contributed by atoms with E-state index >= 15 is 0 Å². The van der Waals surface area contributed by atoms with Gasteiger partial charge in [-0.15, -0.1) is 0 Å². The Morgan fingerprint density at radius 2 is 1.87 bits per heavy atom. The minimum atomic E-state index is 1.09. The van der Waals surface area contributed by atoms with Crippen LogP contribution >= 0.6 is 0 Å². The molecule has 0 amide bonds. The summed E-state index contributed by atoms with van der Waals surface area (Å²) in [6.07, 6.45) is 1.95. The third-order valence-corrected chi connectivity index (χ3v) is 3.05. The standard InChI is InChI=1S/C13H12N2/c1-8-9(2)14-7-11-10-5-3-4-6-12(10)15-13(8)11/h3-7,15H,1-2H3. The van der Waals surface area contributed by atoms with E-state index < -0.39 is 0 Å². The highest BCUT2D eigenvalue weighted by Gasteiger charge is 2.07. The molecule has 0 saturated heterocycles. The summed E-state index contributed by atoms with van der Waals surface area (Å²) in [5, 5.41) is 2.47. The minimum Gasteiger partial charge on any atom is -0.354 e. The van der Waals surface area contributed by atoms with Gasteiger partial charge in [-0.1, -0.05) is 18.2 Å². The van der Waals surface area contributed by atoms with Crippen molar-refractivity contribution in [3.63, 3.8) is 0 Å². The van der Waals surface area contributed by atoms with Crippen molar-refractivity contribution in [3.8, 4) is 0 Å². The fraction of sp³-hybridized carbons (Fsp3) is 0.154. The van der Waals surface area contributed by atoms with Crippen LogP contribution in [0.1, 0.15) is 11.3 Å². The van der Waals surface area contributed by atoms with Crippen LogP contribution in [0.15, 0.2) is 30.5 Å². The number of nitrogens with zero attached hydrogens (tertiary/aromatic N) is 1. The number of hydrogen-bond acceptors (Lipinski definition) is 1. The predicted octanol–water partition coefficient (Wildman–Crippen LogP) is 3.33. The second kappa shape index (κ2) is 2.83. The molecular formula is C13H12N2. The van der Waals surface area contributed by atoms with Crippen LogP contribution < -0.4 is 0 Å². The number of para-hydroxylation sites is 1. The highest BCUT2D eigenvalue weighted by atomic mass is 14.7. The molecule has 3 aromatic rings. The van der Waals surface area contributed by atoms with Gasteiger partial charge < -0.3 is 4.98 Å². The van der Waals surface area contributed by atoms with Crippen LogP contribution in [0, 0.1) is 13.8 Å². The van der Waals surface area contributed by atoms with E-state index in [0.717, 1.165) is 5.69 Å². The zero-order chi connectivity index (χ0) is 10.4. The second-order valence-corrected chi connectivity index (χ2v) is 3.93. The first-order chi connectivity index (χ1) is 7.27. The molecule has 0 unspecified atom stereocenters. The zero-order valence-electron chi connectivity index (χ0n) is 8.83. The quantitative estimate of drug-likeness (QED) is 0.587. The molecule has 0 radical (unpaired) electrons. The highest BCUT2D eigenvalue weighted by molar-refractivity contribution is 6.07. The van der Waals surface area contributed by atoms with E-state index in [2.05, 4.69) is 35.1 Å². The molecule has 0 aliphatic rings. The Labute approximate surface area is 88.0 Å². The summed E-state index contributed by atoms with van der Waals surface area (Å²) in [4.78, 5) is 7.86. The first-order valence-corrected chi connectivity index (χ1v) is 5.10. The number of aromatic nitrogens is 2. The van der Waals surface area contributed by atoms with Gasteiger partial charge in [0.15, 0.2) is 0 Å². The second-order valence-electron chi connectivity index (χ2n) is 3.93. The molecule has 2 heteroatoms. The molecule has 2 heterocycles. The largest absolute Gasteiger partial charge is 0.354 e. The molecule has 0 aliphatic heterocycles. The first kappa shape index (κ1) is 8.48. The third kappa shape index (κ3) is 1.08. The Morgan fingerprint density at radius 1 is 1.07 bits per heavy atom. The number of benzene rings is 1. The van der Waals surface area contributed by atoms with Gasteiger partial charge in [0.1, 0.15) is 0 Å². The van der Waals surface area contributed by atoms with Crippen LogP contribution in [0.2, 0.25) is 0 Å². The van der Waals surface area contributed by atoms with E-state index in [1.54, 1.807) is 0 Å². The van der Waals surface area contributed by atoms with Crippen LogP contribution in [0.3, 0.4) is 0 Å². The highest BCUT2D eigenvalue weighted by Crippen LogP contribution is 2.27. The number of aromatic amines is 1. The van der Waals surface area contributed by atoms with Crippen LogP contribution in [0.4, 0.5) is 0 Å². The molecule has 3 rings (SSSR count). The summed E-state index contributed by atoms with van der Waals surface area (Å²) in [6.45, 7) is 4.15. The number of hydrogen-bond donors (Lipinski definition) is 1. The molecule has 1 N–H and O–H groups in total. The molecule has 0 atom stereocenters. The molecule has 0 saturated carbocycles. The van der Waals surface area contributed by atoms with Gasteiger partial charge in [-0.3, -0.25) is 4.98 Å². The van der Waals surface area contributed by atoms with Crippen molar-refractivity contribution in [2.24, 2.45) is 0 Å². The van der Waals surface area contributed by atoms with Crippen LogP contribution in [-0.2, 0) is 0 Å². The molecule has 0 aliphatic carbocycles. The van der Waals surface area contributed by atoms with E-state index in [-0.39, 0.29) is 0 Å². The van der Waals surface area contributed by atoms with E-state index in [4.69, 9.17) is 0 Å². The Balaban J connectivity index is 2.60. The number of pyridine rings is 1. The third-order valence-electron chi connectivity index (χ3n) is 3.05. The van der Waals surface area contributed by atoms with Gasteiger partial charge in [0, 0.05) is 28.2 Å². The van der Waals surface area contributed by atoms with Crippen LogP contribution in [0.5, 0.6) is 0 Å². The molecule has 0 spiro atoms. The van der Waals surface area contributed by atoms with E-state index in [0.29, 0.717) is 0 Å². The van der Waals surface area contributed by atoms with Crippen molar-refractivity contribution in [1.82, 2.24) is 9.97 Å². The van der Waals surface area contributed by atoms with E-state index in [1.807, 2.05) is 19.2 Å². The maximum Gasteiger partial charge on any atom is 0.0528 e. The van der Waals surface area contributed by atoms with Crippen molar-refractivity contribution in [1.29, 1.82) is 0 Å². The summed E-state index contributed by atoms with van der Waals surface area (Å²) in [7, 11) is 0. The SMILES string of the molecule is Cc1ncc2c([nH]c3ccccc32)c1C. The molecular weight excluding hydrogens is 184 g/mol. The summed E-state index contributed by atoms with van der Waals surface area (Å²) in [5.41, 5.74) is 4.73. The fourth-order valence-electron chi connectivity index (χ4n) is 2.03. The number of H-pyrrole nitrogens is 1. The van der Waals surface area contributed by atoms with Gasteiger partial charge in [0.2, 0.25) is 0 Å². The molecule has 1 aromatic carbocycles. The number of fused-ring (bicyclic) bond motifs is 3. The molecule has 15 heavy (non-hydrogen) atoms. The van der Waals surface area contributed by atoms with Gasteiger partial charge in [0.25, 0.3) is 0 Å². The Hall–Kier alpha value is -1.83. The maximum atomic E-state index is 4.41. The van der Waals surface area contributed by atoms with E-state index in [9.17, 15) is 0 Å². The monoisotopic (exact) mass is 196 g/mol. The molecule has 2 aromatic heterocycles. The van der Waals surface area contributed by atoms with Gasteiger partial charge in [0.05, 0.1) is 5.52 Å². The molecule has 0 bridgehead atoms. The van der Waals surface area contributed by atoms with Crippen LogP contribution in [-0.4, -0.2) is 9.97 Å². The van der Waals surface area contributed by atoms with Gasteiger partial charge in [-0.2, -0.15) is 0 Å². The average Bonchev–Trinajstić information content (AvgIpc) is 2.63. The Morgan fingerprint density at radius 3 is 2.73 bits per heavy atom. The molecule has 74 valence electrons. The van der Waals surface area contributed by atoms with Gasteiger partial charge >= 0.3 is 0 Å². The number of nitrogens with one attached hydrogen (secondary N) is 1. The summed E-state index contributed by atoms with van der Waals surface area (Å²) >= 11 is 0. The first-order valence-electron chi connectivity index (χ1n) is 5.10. The number of aryl methyl sites for hydroxylation is 2. The normalized spacial score (nSPS) is 11.3. The van der Waals surface area contributed by atoms with Gasteiger partial charge in [-0.25, -0.2) is 0 Å². The lowest BCUT2D eigenvalue weighted by Gasteiger charge is -1.99. The maximum absolute atomic E-state index is 4.41. The van der Waals surface area contributed by atoms with E-state index in [1.165, 1.54) is 27.4 Å². The van der Waals surface area contributed by atoms with Crippen LogP contribution in [0.25, 0.3) is 21.8 Å². The van der Waals surface area contributed by atoms with Crippen molar-refractivity contribution >= 4 is 21.8 Å². The predicted molar refractivity (Wildman–Crippen MR) is 63.1 cm³/mol. The topological polar surface area (TPSA) is 28.7 Å². The lowest BCUT2D eigenvalue weighted by Crippen LogP contribution is -1.86. The van der Waals surface area contributed by atoms with Crippen molar-refractivity contribution in [2.75, 3.05) is 0 Å². The smallest absolute Gasteiger partial charge is 0.0528 e. The summed E-state index contributed by atoms with van der Waals surface area (Å²) < 4.78 is 0. The van der Waals surface area contributed by atoms with Crippen molar-refractivity contribution in [3.05, 3.63) is 41.7 Å². The lowest BCUT2D eigenvalue weighted by molar-refractivity contribution is 1.17. The average molecular weight is 196 g/mol. The summed E-state index contributed by atoms with van der Waals surface area (Å²) in [6, 6.07) is 8.34. The zero-order valence-corrected chi connectivity index (χ0v) is 8.83. The summed E-state index contributed by atoms with van der Waals surface area (Å²) in [5.74, 6) is 0. The van der Waals surface area contributed by atoms with Gasteiger partial charge in [-0.05, 0) is 25.5 Å². The Kier molecular flexibility index (Phi) is 1.60. The lowest BCUT2D eigenvalue weighted by atomic mass is 10.1. The number of rotatable bonds is 0. The van der Waals surface area contributed by atoms with Crippen molar-refractivity contribution in [2.45, 2.75) is 13.8 Å². The van der Waals surface area contributed by atoms with Crippen molar-refractivity contribution < 1.29 is 0 Å².